The molecule has 10 heteroatoms. The van der Waals surface area contributed by atoms with Crippen LogP contribution < -0.4 is 10.6 Å². The van der Waals surface area contributed by atoms with E-state index < -0.39 is 29.2 Å². The number of nitrogens with zero attached hydrogens (tertiary/aromatic N) is 3. The van der Waals surface area contributed by atoms with Gasteiger partial charge in [0.15, 0.2) is 5.82 Å². The molecule has 1 fully saturated rings. The Bertz CT molecular complexity index is 1200. The first kappa shape index (κ1) is 22.4. The molecule has 1 aliphatic heterocycles. The summed E-state index contributed by atoms with van der Waals surface area (Å²) in [4.78, 5) is 13.0. The molecule has 3 aromatic rings. The number of carbonyl (C=O) groups is 1. The van der Waals surface area contributed by atoms with Crippen molar-refractivity contribution in [2.75, 3.05) is 23.7 Å². The van der Waals surface area contributed by atoms with E-state index in [0.717, 1.165) is 0 Å². The number of rotatable bonds is 4. The number of nitrogens with two attached hydrogens (primary N) is 1. The molecule has 1 aromatic heterocycles. The second-order valence-corrected chi connectivity index (χ2v) is 7.91. The Labute approximate surface area is 187 Å². The highest BCUT2D eigenvalue weighted by Gasteiger charge is 2.37. The first-order valence-corrected chi connectivity index (χ1v) is 10.3. The Balaban J connectivity index is 1.69. The normalized spacial score (nSPS) is 16.6. The second kappa shape index (κ2) is 8.61. The van der Waals surface area contributed by atoms with Gasteiger partial charge in [0.25, 0.3) is 0 Å². The number of nitrogen functional groups attached to an aromatic ring is 1. The van der Waals surface area contributed by atoms with Gasteiger partial charge in [-0.2, -0.15) is 13.2 Å². The molecule has 0 amide bonds. The lowest BCUT2D eigenvalue weighted by atomic mass is 9.86. The molecule has 2 heterocycles. The van der Waals surface area contributed by atoms with Crippen molar-refractivity contribution in [3.63, 3.8) is 0 Å². The minimum atomic E-state index is -4.68. The molecule has 0 radical (unpaired) electrons. The molecular weight excluding hydrogens is 437 g/mol. The predicted molar refractivity (Wildman–Crippen MR) is 116 cm³/mol. The third-order valence-electron chi connectivity index (χ3n) is 5.79. The summed E-state index contributed by atoms with van der Waals surface area (Å²) in [6.45, 7) is 0.798. The lowest BCUT2D eigenvalue weighted by molar-refractivity contribution is -0.138. The summed E-state index contributed by atoms with van der Waals surface area (Å²) in [7, 11) is 0. The van der Waals surface area contributed by atoms with Crippen LogP contribution in [0.3, 0.4) is 0 Å². The zero-order valence-electron chi connectivity index (χ0n) is 17.4. The number of phenols is 1. The molecule has 2 aromatic carbocycles. The lowest BCUT2D eigenvalue weighted by Crippen LogP contribution is -2.35. The van der Waals surface area contributed by atoms with Gasteiger partial charge in [-0.15, -0.1) is 10.2 Å². The van der Waals surface area contributed by atoms with E-state index in [1.165, 1.54) is 18.2 Å². The Morgan fingerprint density at radius 1 is 1.12 bits per heavy atom. The molecule has 33 heavy (non-hydrogen) atoms. The standard InChI is InChI=1S/C23H21F3N4O3/c24-23(25,26)17-10-13(22(32)33)7-8-15(17)14-4-3-9-30(12-14)19-11-18(28-29-21(19)27)16-5-1-2-6-20(16)31/h1-2,5-8,10-11,14,31H,3-4,9,12H2,(H2,27,29)(H,32,33)/t14-/m0/s1. The van der Waals surface area contributed by atoms with Crippen molar-refractivity contribution < 1.29 is 28.2 Å². The SMILES string of the molecule is Nc1nnc(-c2ccccc2O)cc1N1CCC[C@H](c2ccc(C(=O)O)cc2C(F)(F)F)C1. The number of hydrogen-bond acceptors (Lipinski definition) is 6. The van der Waals surface area contributed by atoms with Gasteiger partial charge in [0, 0.05) is 24.6 Å². The minimum absolute atomic E-state index is 0.0207. The second-order valence-electron chi connectivity index (χ2n) is 7.91. The summed E-state index contributed by atoms with van der Waals surface area (Å²) >= 11 is 0. The Morgan fingerprint density at radius 3 is 2.58 bits per heavy atom. The topological polar surface area (TPSA) is 113 Å². The fourth-order valence-corrected chi connectivity index (χ4v) is 4.21. The molecule has 0 aliphatic carbocycles. The van der Waals surface area contributed by atoms with Crippen molar-refractivity contribution in [3.8, 4) is 17.0 Å². The van der Waals surface area contributed by atoms with E-state index in [9.17, 15) is 23.1 Å². The van der Waals surface area contributed by atoms with Gasteiger partial charge in [0.05, 0.1) is 22.5 Å². The Morgan fingerprint density at radius 2 is 1.88 bits per heavy atom. The highest BCUT2D eigenvalue weighted by Crippen LogP contribution is 2.40. The fraction of sp³-hybridized carbons (Fsp3) is 0.261. The van der Waals surface area contributed by atoms with E-state index in [0.29, 0.717) is 42.4 Å². The van der Waals surface area contributed by atoms with E-state index in [4.69, 9.17) is 10.8 Å². The maximum absolute atomic E-state index is 13.7. The number of anilines is 2. The van der Waals surface area contributed by atoms with Gasteiger partial charge < -0.3 is 20.8 Å². The van der Waals surface area contributed by atoms with Crippen LogP contribution in [-0.2, 0) is 6.18 Å². The number of benzene rings is 2. The number of piperidine rings is 1. The van der Waals surface area contributed by atoms with E-state index >= 15 is 0 Å². The lowest BCUT2D eigenvalue weighted by Gasteiger charge is -2.36. The molecule has 1 aliphatic rings. The van der Waals surface area contributed by atoms with Crippen molar-refractivity contribution in [2.45, 2.75) is 24.9 Å². The molecule has 7 nitrogen and oxygen atoms in total. The van der Waals surface area contributed by atoms with Gasteiger partial charge in [-0.05, 0) is 48.7 Å². The quantitative estimate of drug-likeness (QED) is 0.526. The maximum atomic E-state index is 13.7. The van der Waals surface area contributed by atoms with Crippen LogP contribution in [0, 0.1) is 0 Å². The van der Waals surface area contributed by atoms with Crippen LogP contribution in [0.15, 0.2) is 48.5 Å². The largest absolute Gasteiger partial charge is 0.507 e. The van der Waals surface area contributed by atoms with E-state index in [-0.39, 0.29) is 23.7 Å². The molecule has 0 saturated carbocycles. The third-order valence-corrected chi connectivity index (χ3v) is 5.79. The van der Waals surface area contributed by atoms with Crippen molar-refractivity contribution in [1.29, 1.82) is 0 Å². The summed E-state index contributed by atoms with van der Waals surface area (Å²) in [6.07, 6.45) is -3.56. The average molecular weight is 458 g/mol. The summed E-state index contributed by atoms with van der Waals surface area (Å²) in [5, 5.41) is 27.3. The number of alkyl halides is 3. The molecule has 1 atom stereocenters. The third kappa shape index (κ3) is 4.55. The number of halogens is 3. The van der Waals surface area contributed by atoms with Gasteiger partial charge in [-0.1, -0.05) is 18.2 Å². The molecule has 0 spiro atoms. The zero-order valence-corrected chi connectivity index (χ0v) is 17.4. The molecule has 172 valence electrons. The average Bonchev–Trinajstić information content (AvgIpc) is 2.79. The highest BCUT2D eigenvalue weighted by molar-refractivity contribution is 5.88. The van der Waals surface area contributed by atoms with Crippen LogP contribution >= 0.6 is 0 Å². The van der Waals surface area contributed by atoms with Crippen LogP contribution in [-0.4, -0.2) is 39.5 Å². The maximum Gasteiger partial charge on any atom is 0.416 e. The Kier molecular flexibility index (Phi) is 5.84. The van der Waals surface area contributed by atoms with Crippen LogP contribution in [0.4, 0.5) is 24.7 Å². The smallest absolute Gasteiger partial charge is 0.416 e. The zero-order chi connectivity index (χ0) is 23.8. The first-order chi connectivity index (χ1) is 15.6. The molecule has 4 rings (SSSR count). The number of hydrogen-bond donors (Lipinski definition) is 3. The molecule has 1 saturated heterocycles. The van der Waals surface area contributed by atoms with Crippen LogP contribution in [0.1, 0.15) is 40.2 Å². The van der Waals surface area contributed by atoms with E-state index in [1.807, 2.05) is 4.90 Å². The molecule has 0 unspecified atom stereocenters. The summed E-state index contributed by atoms with van der Waals surface area (Å²) in [5.41, 5.74) is 6.12. The summed E-state index contributed by atoms with van der Waals surface area (Å²) < 4.78 is 41.2. The number of aromatic nitrogens is 2. The molecular formula is C23H21F3N4O3. The highest BCUT2D eigenvalue weighted by atomic mass is 19.4. The Hall–Kier alpha value is -3.82. The number of carboxylic acids is 1. The predicted octanol–water partition coefficient (Wildman–Crippen LogP) is 4.53. The number of aromatic carboxylic acids is 1. The van der Waals surface area contributed by atoms with E-state index in [2.05, 4.69) is 10.2 Å². The van der Waals surface area contributed by atoms with Crippen LogP contribution in [0.5, 0.6) is 5.75 Å². The van der Waals surface area contributed by atoms with Crippen molar-refractivity contribution >= 4 is 17.5 Å². The van der Waals surface area contributed by atoms with Crippen molar-refractivity contribution in [2.24, 2.45) is 0 Å². The molecule has 4 N–H and O–H groups in total. The van der Waals surface area contributed by atoms with Gasteiger partial charge >= 0.3 is 12.1 Å². The fourth-order valence-electron chi connectivity index (χ4n) is 4.21. The monoisotopic (exact) mass is 458 g/mol. The number of para-hydroxylation sites is 1. The van der Waals surface area contributed by atoms with Gasteiger partial charge in [-0.25, -0.2) is 4.79 Å². The van der Waals surface area contributed by atoms with Crippen molar-refractivity contribution in [3.05, 3.63) is 65.2 Å². The summed E-state index contributed by atoms with van der Waals surface area (Å²) in [6, 6.07) is 11.4. The first-order valence-electron chi connectivity index (χ1n) is 10.3. The van der Waals surface area contributed by atoms with Crippen LogP contribution in [0.25, 0.3) is 11.3 Å². The van der Waals surface area contributed by atoms with Crippen LogP contribution in [0.2, 0.25) is 0 Å². The van der Waals surface area contributed by atoms with E-state index in [1.54, 1.807) is 24.3 Å². The molecule has 0 bridgehead atoms. The van der Waals surface area contributed by atoms with Gasteiger partial charge in [0.1, 0.15) is 5.75 Å². The van der Waals surface area contributed by atoms with Gasteiger partial charge in [0.2, 0.25) is 0 Å². The minimum Gasteiger partial charge on any atom is -0.507 e. The number of aromatic hydroxyl groups is 1. The summed E-state index contributed by atoms with van der Waals surface area (Å²) in [5.74, 6) is -1.75. The van der Waals surface area contributed by atoms with Crippen molar-refractivity contribution in [1.82, 2.24) is 10.2 Å². The van der Waals surface area contributed by atoms with Gasteiger partial charge in [-0.3, -0.25) is 0 Å². The number of phenolic OH excluding ortho intramolecular Hbond substituents is 1. The number of carboxylic acid groups (broad SMARTS) is 1.